The van der Waals surface area contributed by atoms with Crippen molar-refractivity contribution in [3.05, 3.63) is 58.0 Å². The molecule has 0 saturated heterocycles. The highest BCUT2D eigenvalue weighted by atomic mass is 79.9. The van der Waals surface area contributed by atoms with E-state index in [0.717, 1.165) is 16.7 Å². The predicted octanol–water partition coefficient (Wildman–Crippen LogP) is 3.85. The summed E-state index contributed by atoms with van der Waals surface area (Å²) >= 11 is 3.57. The van der Waals surface area contributed by atoms with Crippen molar-refractivity contribution < 1.29 is 4.42 Å². The van der Waals surface area contributed by atoms with Crippen LogP contribution in [0.4, 0.5) is 0 Å². The van der Waals surface area contributed by atoms with E-state index in [1.165, 1.54) is 11.1 Å². The van der Waals surface area contributed by atoms with Gasteiger partial charge in [0.2, 0.25) is 0 Å². The molecule has 0 radical (unpaired) electrons. The lowest BCUT2D eigenvalue weighted by Gasteiger charge is -2.18. The molecule has 1 heterocycles. The standard InChI is InChI=1S/C14H16BrNO/c1-10-12(6-3-7-13(10)15)14(16-2)9-11-5-4-8-17-11/h3-8,14,16H,9H2,1-2H3. The summed E-state index contributed by atoms with van der Waals surface area (Å²) in [6.45, 7) is 2.13. The lowest BCUT2D eigenvalue weighted by Crippen LogP contribution is -2.19. The molecule has 2 rings (SSSR count). The maximum Gasteiger partial charge on any atom is 0.105 e. The molecule has 1 N–H and O–H groups in total. The van der Waals surface area contributed by atoms with E-state index in [1.807, 2.05) is 19.2 Å². The van der Waals surface area contributed by atoms with Gasteiger partial charge in [0, 0.05) is 16.9 Å². The summed E-state index contributed by atoms with van der Waals surface area (Å²) in [7, 11) is 1.98. The van der Waals surface area contributed by atoms with Crippen LogP contribution in [0.5, 0.6) is 0 Å². The first kappa shape index (κ1) is 12.4. The van der Waals surface area contributed by atoms with Crippen LogP contribution in [-0.4, -0.2) is 7.05 Å². The summed E-state index contributed by atoms with van der Waals surface area (Å²) in [5.74, 6) is 1.00. The highest BCUT2D eigenvalue weighted by Gasteiger charge is 2.14. The van der Waals surface area contributed by atoms with E-state index in [9.17, 15) is 0 Å². The summed E-state index contributed by atoms with van der Waals surface area (Å²) in [4.78, 5) is 0. The SMILES string of the molecule is CNC(Cc1ccco1)c1cccc(Br)c1C. The van der Waals surface area contributed by atoms with Crippen LogP contribution < -0.4 is 5.32 Å². The van der Waals surface area contributed by atoms with Gasteiger partial charge in [-0.2, -0.15) is 0 Å². The van der Waals surface area contributed by atoms with Gasteiger partial charge in [-0.3, -0.25) is 0 Å². The molecule has 0 saturated carbocycles. The number of furan rings is 1. The molecule has 0 amide bonds. The lowest BCUT2D eigenvalue weighted by molar-refractivity contribution is 0.465. The second kappa shape index (κ2) is 5.52. The van der Waals surface area contributed by atoms with Gasteiger partial charge in [0.15, 0.2) is 0 Å². The number of rotatable bonds is 4. The lowest BCUT2D eigenvalue weighted by atomic mass is 9.98. The summed E-state index contributed by atoms with van der Waals surface area (Å²) in [5.41, 5.74) is 2.58. The Labute approximate surface area is 110 Å². The molecule has 1 aromatic heterocycles. The number of nitrogens with one attached hydrogen (secondary N) is 1. The maximum atomic E-state index is 5.41. The molecule has 2 aromatic rings. The second-order valence-corrected chi connectivity index (χ2v) is 4.93. The first-order valence-electron chi connectivity index (χ1n) is 5.67. The number of hydrogen-bond acceptors (Lipinski definition) is 2. The second-order valence-electron chi connectivity index (χ2n) is 4.08. The van der Waals surface area contributed by atoms with Gasteiger partial charge in [-0.05, 0) is 43.3 Å². The topological polar surface area (TPSA) is 25.2 Å². The van der Waals surface area contributed by atoms with Crippen LogP contribution in [0.1, 0.15) is 22.9 Å². The summed E-state index contributed by atoms with van der Waals surface area (Å²) in [5, 5.41) is 3.34. The number of benzene rings is 1. The fourth-order valence-electron chi connectivity index (χ4n) is 2.00. The quantitative estimate of drug-likeness (QED) is 0.926. The highest BCUT2D eigenvalue weighted by Crippen LogP contribution is 2.26. The molecule has 0 aliphatic heterocycles. The molecule has 0 spiro atoms. The van der Waals surface area contributed by atoms with Crippen LogP contribution in [0.3, 0.4) is 0 Å². The molecule has 0 fully saturated rings. The number of halogens is 1. The van der Waals surface area contributed by atoms with E-state index in [2.05, 4.69) is 46.4 Å². The van der Waals surface area contributed by atoms with Crippen LogP contribution in [0.25, 0.3) is 0 Å². The molecule has 1 aromatic carbocycles. The van der Waals surface area contributed by atoms with Crippen LogP contribution in [-0.2, 0) is 6.42 Å². The minimum Gasteiger partial charge on any atom is -0.469 e. The fourth-order valence-corrected chi connectivity index (χ4v) is 2.38. The predicted molar refractivity (Wildman–Crippen MR) is 73.1 cm³/mol. The van der Waals surface area contributed by atoms with Crippen LogP contribution in [0.2, 0.25) is 0 Å². The molecule has 0 bridgehead atoms. The van der Waals surface area contributed by atoms with Gasteiger partial charge in [-0.1, -0.05) is 28.1 Å². The summed E-state index contributed by atoms with van der Waals surface area (Å²) in [6.07, 6.45) is 2.58. The third-order valence-electron chi connectivity index (χ3n) is 3.02. The Bertz CT molecular complexity index is 479. The van der Waals surface area contributed by atoms with E-state index in [1.54, 1.807) is 6.26 Å². The molecular weight excluding hydrogens is 278 g/mol. The van der Waals surface area contributed by atoms with E-state index >= 15 is 0 Å². The van der Waals surface area contributed by atoms with Gasteiger partial charge >= 0.3 is 0 Å². The first-order chi connectivity index (χ1) is 8.22. The van der Waals surface area contributed by atoms with Crippen molar-refractivity contribution in [2.75, 3.05) is 7.05 Å². The Morgan fingerprint density at radius 2 is 2.12 bits per heavy atom. The van der Waals surface area contributed by atoms with Crippen molar-refractivity contribution >= 4 is 15.9 Å². The Morgan fingerprint density at radius 3 is 2.76 bits per heavy atom. The average molecular weight is 294 g/mol. The molecule has 90 valence electrons. The number of hydrogen-bond donors (Lipinski definition) is 1. The van der Waals surface area contributed by atoms with Crippen molar-refractivity contribution in [2.24, 2.45) is 0 Å². The zero-order valence-corrected chi connectivity index (χ0v) is 11.6. The van der Waals surface area contributed by atoms with Crippen molar-refractivity contribution in [1.82, 2.24) is 5.32 Å². The maximum absolute atomic E-state index is 5.41. The van der Waals surface area contributed by atoms with Crippen molar-refractivity contribution in [1.29, 1.82) is 0 Å². The zero-order chi connectivity index (χ0) is 12.3. The van der Waals surface area contributed by atoms with Gasteiger partial charge in [-0.25, -0.2) is 0 Å². The molecule has 1 atom stereocenters. The monoisotopic (exact) mass is 293 g/mol. The molecule has 3 heteroatoms. The van der Waals surface area contributed by atoms with E-state index in [-0.39, 0.29) is 6.04 Å². The smallest absolute Gasteiger partial charge is 0.105 e. The fraction of sp³-hybridized carbons (Fsp3) is 0.286. The molecular formula is C14H16BrNO. The van der Waals surface area contributed by atoms with E-state index < -0.39 is 0 Å². The van der Waals surface area contributed by atoms with Gasteiger partial charge in [0.1, 0.15) is 5.76 Å². The third-order valence-corrected chi connectivity index (χ3v) is 3.88. The minimum absolute atomic E-state index is 0.277. The average Bonchev–Trinajstić information content (AvgIpc) is 2.83. The molecule has 17 heavy (non-hydrogen) atoms. The summed E-state index contributed by atoms with van der Waals surface area (Å²) in [6, 6.07) is 10.5. The van der Waals surface area contributed by atoms with Gasteiger partial charge in [-0.15, -0.1) is 0 Å². The van der Waals surface area contributed by atoms with E-state index in [0.29, 0.717) is 0 Å². The Kier molecular flexibility index (Phi) is 4.02. The normalized spacial score (nSPS) is 12.6. The molecule has 2 nitrogen and oxygen atoms in total. The highest BCUT2D eigenvalue weighted by molar-refractivity contribution is 9.10. The molecule has 0 aliphatic carbocycles. The van der Waals surface area contributed by atoms with Gasteiger partial charge in [0.25, 0.3) is 0 Å². The molecule has 1 unspecified atom stereocenters. The first-order valence-corrected chi connectivity index (χ1v) is 6.46. The Hall–Kier alpha value is -1.06. The van der Waals surface area contributed by atoms with Crippen molar-refractivity contribution in [3.63, 3.8) is 0 Å². The summed E-state index contributed by atoms with van der Waals surface area (Å²) < 4.78 is 6.55. The Morgan fingerprint density at radius 1 is 1.29 bits per heavy atom. The largest absolute Gasteiger partial charge is 0.469 e. The number of likely N-dealkylation sites (N-methyl/N-ethyl adjacent to an activating group) is 1. The van der Waals surface area contributed by atoms with Crippen molar-refractivity contribution in [2.45, 2.75) is 19.4 Å². The van der Waals surface area contributed by atoms with Crippen LogP contribution >= 0.6 is 15.9 Å². The van der Waals surface area contributed by atoms with Gasteiger partial charge in [0.05, 0.1) is 6.26 Å². The van der Waals surface area contributed by atoms with Crippen LogP contribution in [0.15, 0.2) is 45.5 Å². The van der Waals surface area contributed by atoms with Crippen LogP contribution in [0, 0.1) is 6.92 Å². The Balaban J connectivity index is 2.26. The third kappa shape index (κ3) is 2.79. The van der Waals surface area contributed by atoms with Gasteiger partial charge < -0.3 is 9.73 Å². The zero-order valence-electron chi connectivity index (χ0n) is 10.0. The minimum atomic E-state index is 0.277. The van der Waals surface area contributed by atoms with E-state index in [4.69, 9.17) is 4.42 Å². The molecule has 0 aliphatic rings. The van der Waals surface area contributed by atoms with Crippen molar-refractivity contribution in [3.8, 4) is 0 Å².